The summed E-state index contributed by atoms with van der Waals surface area (Å²) in [5.74, 6) is 1.59. The third-order valence-electron chi connectivity index (χ3n) is 3.98. The van der Waals surface area contributed by atoms with Crippen molar-refractivity contribution in [3.63, 3.8) is 0 Å². The number of hydrogen-bond acceptors (Lipinski definition) is 9. The molecule has 0 aliphatic heterocycles. The van der Waals surface area contributed by atoms with Crippen LogP contribution in [-0.2, 0) is 4.74 Å². The summed E-state index contributed by atoms with van der Waals surface area (Å²) in [6, 6.07) is 15.2. The summed E-state index contributed by atoms with van der Waals surface area (Å²) in [4.78, 5) is 13.0. The molecule has 0 unspecified atom stereocenters. The zero-order chi connectivity index (χ0) is 21.0. The average molecular weight is 407 g/mol. The monoisotopic (exact) mass is 407 g/mol. The van der Waals surface area contributed by atoms with Gasteiger partial charge in [0.05, 0.1) is 25.5 Å². The van der Waals surface area contributed by atoms with Gasteiger partial charge < -0.3 is 20.5 Å². The van der Waals surface area contributed by atoms with Crippen molar-refractivity contribution < 1.29 is 9.84 Å². The Bertz CT molecular complexity index is 937. The Morgan fingerprint density at radius 3 is 2.57 bits per heavy atom. The van der Waals surface area contributed by atoms with E-state index in [9.17, 15) is 0 Å². The molecule has 0 aliphatic carbocycles. The number of rotatable bonds is 11. The van der Waals surface area contributed by atoms with Crippen LogP contribution in [0.3, 0.4) is 0 Å². The molecular weight excluding hydrogens is 382 g/mol. The Morgan fingerprint density at radius 1 is 1.03 bits per heavy atom. The van der Waals surface area contributed by atoms with Crippen molar-refractivity contribution in [1.29, 1.82) is 0 Å². The van der Waals surface area contributed by atoms with Crippen LogP contribution in [0, 0.1) is 0 Å². The third kappa shape index (κ3) is 6.80. The van der Waals surface area contributed by atoms with Gasteiger partial charge in [0.15, 0.2) is 5.82 Å². The summed E-state index contributed by atoms with van der Waals surface area (Å²) in [5, 5.41) is 19.6. The van der Waals surface area contributed by atoms with Crippen LogP contribution < -0.4 is 16.1 Å². The van der Waals surface area contributed by atoms with Gasteiger partial charge in [0.1, 0.15) is 5.82 Å². The Kier molecular flexibility index (Phi) is 8.07. The molecule has 30 heavy (non-hydrogen) atoms. The van der Waals surface area contributed by atoms with E-state index >= 15 is 0 Å². The van der Waals surface area contributed by atoms with Crippen molar-refractivity contribution in [3.8, 4) is 0 Å². The van der Waals surface area contributed by atoms with Crippen molar-refractivity contribution in [2.75, 3.05) is 42.4 Å². The lowest BCUT2D eigenvalue weighted by Crippen LogP contribution is -2.13. The summed E-state index contributed by atoms with van der Waals surface area (Å²) in [5.41, 5.74) is 5.64. The second kappa shape index (κ2) is 11.4. The van der Waals surface area contributed by atoms with E-state index < -0.39 is 0 Å². The van der Waals surface area contributed by atoms with Crippen molar-refractivity contribution in [2.45, 2.75) is 6.92 Å². The number of aliphatic hydroxyl groups excluding tert-OH is 1. The minimum Gasteiger partial charge on any atom is -0.394 e. The van der Waals surface area contributed by atoms with Crippen molar-refractivity contribution in [2.24, 2.45) is 5.10 Å². The van der Waals surface area contributed by atoms with Crippen LogP contribution in [0.2, 0.25) is 0 Å². The van der Waals surface area contributed by atoms with Crippen LogP contribution in [0.15, 0.2) is 66.0 Å². The highest BCUT2D eigenvalue weighted by molar-refractivity contribution is 5.98. The molecule has 1 aromatic carbocycles. The van der Waals surface area contributed by atoms with E-state index in [0.29, 0.717) is 37.3 Å². The minimum absolute atomic E-state index is 0.00154. The molecule has 0 saturated heterocycles. The van der Waals surface area contributed by atoms with Gasteiger partial charge in [0.25, 0.3) is 0 Å². The van der Waals surface area contributed by atoms with Crippen LogP contribution in [0.25, 0.3) is 0 Å². The van der Waals surface area contributed by atoms with Crippen molar-refractivity contribution in [1.82, 2.24) is 15.0 Å². The SMILES string of the molecule is CC(=NNc1cc(NCCOCCO)nc(Nc2ccccc2)n1)c1ccncc1. The highest BCUT2D eigenvalue weighted by Crippen LogP contribution is 2.18. The number of hydrazone groups is 1. The first kappa shape index (κ1) is 21.2. The number of ether oxygens (including phenoxy) is 1. The summed E-state index contributed by atoms with van der Waals surface area (Å²) in [6.07, 6.45) is 3.45. The van der Waals surface area contributed by atoms with E-state index in [1.54, 1.807) is 18.5 Å². The largest absolute Gasteiger partial charge is 0.394 e. The van der Waals surface area contributed by atoms with Crippen molar-refractivity contribution >= 4 is 29.0 Å². The molecule has 0 atom stereocenters. The molecule has 0 amide bonds. The van der Waals surface area contributed by atoms with Crippen LogP contribution in [0.4, 0.5) is 23.3 Å². The fourth-order valence-corrected chi connectivity index (χ4v) is 2.52. The lowest BCUT2D eigenvalue weighted by Gasteiger charge is -2.11. The molecular formula is C21H25N7O2. The third-order valence-corrected chi connectivity index (χ3v) is 3.98. The maximum Gasteiger partial charge on any atom is 0.231 e. The van der Waals surface area contributed by atoms with E-state index in [1.165, 1.54) is 0 Å². The molecule has 0 aliphatic rings. The lowest BCUT2D eigenvalue weighted by molar-refractivity contribution is 0.0992. The fraction of sp³-hybridized carbons (Fsp3) is 0.238. The number of benzene rings is 1. The van der Waals surface area contributed by atoms with Gasteiger partial charge in [-0.15, -0.1) is 0 Å². The summed E-state index contributed by atoms with van der Waals surface area (Å²) >= 11 is 0. The highest BCUT2D eigenvalue weighted by atomic mass is 16.5. The van der Waals surface area contributed by atoms with Gasteiger partial charge in [0.2, 0.25) is 5.95 Å². The molecule has 0 bridgehead atoms. The number of aliphatic hydroxyl groups is 1. The second-order valence-electron chi connectivity index (χ2n) is 6.26. The topological polar surface area (TPSA) is 117 Å². The Morgan fingerprint density at radius 2 is 1.80 bits per heavy atom. The first-order valence-electron chi connectivity index (χ1n) is 9.59. The summed E-state index contributed by atoms with van der Waals surface area (Å²) in [6.45, 7) is 3.21. The first-order chi connectivity index (χ1) is 14.7. The predicted octanol–water partition coefficient (Wildman–Crippen LogP) is 2.87. The maximum absolute atomic E-state index is 8.78. The Labute approximate surface area is 175 Å². The van der Waals surface area contributed by atoms with Crippen molar-refractivity contribution in [3.05, 3.63) is 66.5 Å². The summed E-state index contributed by atoms with van der Waals surface area (Å²) < 4.78 is 5.27. The number of para-hydroxylation sites is 1. The highest BCUT2D eigenvalue weighted by Gasteiger charge is 2.06. The van der Waals surface area contributed by atoms with Gasteiger partial charge in [-0.3, -0.25) is 10.4 Å². The number of anilines is 4. The quantitative estimate of drug-likeness (QED) is 0.218. The molecule has 2 heterocycles. The average Bonchev–Trinajstić information content (AvgIpc) is 2.78. The maximum atomic E-state index is 8.78. The molecule has 9 heteroatoms. The zero-order valence-corrected chi connectivity index (χ0v) is 16.7. The molecule has 3 rings (SSSR count). The molecule has 0 saturated carbocycles. The number of nitrogens with zero attached hydrogens (tertiary/aromatic N) is 4. The first-order valence-corrected chi connectivity index (χ1v) is 9.59. The standard InChI is InChI=1S/C21H25N7O2/c1-16(17-7-9-22-10-8-17)27-28-20-15-19(23-11-13-30-14-12-29)25-21(26-20)24-18-5-3-2-4-6-18/h2-10,15,29H,11-14H2,1H3,(H3,23,24,25,26,28). The second-order valence-corrected chi connectivity index (χ2v) is 6.26. The molecule has 9 nitrogen and oxygen atoms in total. The van der Waals surface area contributed by atoms with E-state index in [0.717, 1.165) is 17.0 Å². The molecule has 156 valence electrons. The molecule has 2 aromatic heterocycles. The van der Waals surface area contributed by atoms with Crippen LogP contribution in [0.5, 0.6) is 0 Å². The van der Waals surface area contributed by atoms with Gasteiger partial charge in [0, 0.05) is 36.3 Å². The number of hydrogen-bond donors (Lipinski definition) is 4. The molecule has 4 N–H and O–H groups in total. The number of nitrogens with one attached hydrogen (secondary N) is 3. The normalized spacial score (nSPS) is 11.2. The number of aromatic nitrogens is 3. The molecule has 0 fully saturated rings. The van der Waals surface area contributed by atoms with Gasteiger partial charge in [-0.2, -0.15) is 15.1 Å². The molecule has 3 aromatic rings. The van der Waals surface area contributed by atoms with Gasteiger partial charge in [-0.1, -0.05) is 18.2 Å². The van der Waals surface area contributed by atoms with E-state index in [-0.39, 0.29) is 6.61 Å². The Balaban J connectivity index is 1.74. The van der Waals surface area contributed by atoms with Gasteiger partial charge >= 0.3 is 0 Å². The van der Waals surface area contributed by atoms with Crippen LogP contribution >= 0.6 is 0 Å². The van der Waals surface area contributed by atoms with E-state index in [2.05, 4.69) is 36.1 Å². The fourth-order valence-electron chi connectivity index (χ4n) is 2.52. The molecule has 0 radical (unpaired) electrons. The minimum atomic E-state index is 0.00154. The predicted molar refractivity (Wildman–Crippen MR) is 118 cm³/mol. The van der Waals surface area contributed by atoms with E-state index in [4.69, 9.17) is 9.84 Å². The smallest absolute Gasteiger partial charge is 0.231 e. The van der Waals surface area contributed by atoms with Crippen LogP contribution in [-0.4, -0.2) is 52.1 Å². The molecule has 0 spiro atoms. The van der Waals surface area contributed by atoms with Gasteiger partial charge in [-0.25, -0.2) is 0 Å². The van der Waals surface area contributed by atoms with E-state index in [1.807, 2.05) is 49.4 Å². The van der Waals surface area contributed by atoms with Gasteiger partial charge in [-0.05, 0) is 31.2 Å². The van der Waals surface area contributed by atoms with Crippen LogP contribution in [0.1, 0.15) is 12.5 Å². The summed E-state index contributed by atoms with van der Waals surface area (Å²) in [7, 11) is 0. The zero-order valence-electron chi connectivity index (χ0n) is 16.7. The lowest BCUT2D eigenvalue weighted by atomic mass is 10.2. The Hall–Kier alpha value is -3.56. The number of pyridine rings is 1.